The van der Waals surface area contributed by atoms with Crippen LogP contribution in [0, 0.1) is 0 Å². The van der Waals surface area contributed by atoms with E-state index in [2.05, 4.69) is 0 Å². The lowest BCUT2D eigenvalue weighted by Gasteiger charge is -2.29. The molecule has 0 aliphatic heterocycles. The molecule has 1 aliphatic carbocycles. The smallest absolute Gasteiger partial charge is 0.304 e. The van der Waals surface area contributed by atoms with E-state index in [0.29, 0.717) is 6.04 Å². The van der Waals surface area contributed by atoms with Crippen LogP contribution in [0.25, 0.3) is 0 Å². The third kappa shape index (κ3) is 2.26. The van der Waals surface area contributed by atoms with E-state index in [1.54, 1.807) is 4.57 Å². The monoisotopic (exact) mass is 222 g/mol. The maximum Gasteiger partial charge on any atom is 0.415 e. The maximum atomic E-state index is 12.1. The standard InChI is InChI=1S/C12H20N3O/c1-13-8-9-15(10-13)12(16)14(2)11-6-4-3-5-7-11/h8-11H,3-7H2,1-2H3/q+1. The Labute approximate surface area is 96.5 Å². The molecule has 1 aromatic rings. The molecule has 2 rings (SSSR count). The SMILES string of the molecule is CN(C(=O)n1cc[n+](C)c1)C1CCCCC1. The van der Waals surface area contributed by atoms with Gasteiger partial charge in [0.05, 0.1) is 7.05 Å². The summed E-state index contributed by atoms with van der Waals surface area (Å²) in [5.74, 6) is 0. The summed E-state index contributed by atoms with van der Waals surface area (Å²) in [5, 5.41) is 0. The lowest BCUT2D eigenvalue weighted by Crippen LogP contribution is -2.40. The average molecular weight is 222 g/mol. The van der Waals surface area contributed by atoms with Gasteiger partial charge < -0.3 is 4.90 Å². The van der Waals surface area contributed by atoms with Crippen LogP contribution in [0.2, 0.25) is 0 Å². The number of aromatic nitrogens is 2. The minimum absolute atomic E-state index is 0.0764. The van der Waals surface area contributed by atoms with Crippen LogP contribution < -0.4 is 4.57 Å². The third-order valence-electron chi connectivity index (χ3n) is 3.41. The zero-order valence-corrected chi connectivity index (χ0v) is 10.1. The Balaban J connectivity index is 2.03. The molecule has 1 fully saturated rings. The van der Waals surface area contributed by atoms with Crippen molar-refractivity contribution in [1.82, 2.24) is 9.47 Å². The Kier molecular flexibility index (Phi) is 3.27. The molecular weight excluding hydrogens is 202 g/mol. The van der Waals surface area contributed by atoms with Gasteiger partial charge in [-0.3, -0.25) is 0 Å². The highest BCUT2D eigenvalue weighted by molar-refractivity contribution is 5.76. The highest BCUT2D eigenvalue weighted by Crippen LogP contribution is 2.21. The maximum absolute atomic E-state index is 12.1. The fourth-order valence-corrected chi connectivity index (χ4v) is 2.37. The molecule has 0 unspecified atom stereocenters. The summed E-state index contributed by atoms with van der Waals surface area (Å²) >= 11 is 0. The number of aryl methyl sites for hydroxylation is 1. The number of rotatable bonds is 1. The van der Waals surface area contributed by atoms with E-state index < -0.39 is 0 Å². The first-order valence-corrected chi connectivity index (χ1v) is 5.99. The average Bonchev–Trinajstić information content (AvgIpc) is 2.75. The summed E-state index contributed by atoms with van der Waals surface area (Å²) < 4.78 is 3.53. The van der Waals surface area contributed by atoms with Crippen LogP contribution >= 0.6 is 0 Å². The molecule has 1 amide bonds. The van der Waals surface area contributed by atoms with Gasteiger partial charge in [-0.25, -0.2) is 9.36 Å². The van der Waals surface area contributed by atoms with Gasteiger partial charge in [-0.15, -0.1) is 0 Å². The van der Waals surface area contributed by atoms with Gasteiger partial charge >= 0.3 is 6.03 Å². The van der Waals surface area contributed by atoms with Gasteiger partial charge in [-0.05, 0) is 12.8 Å². The third-order valence-corrected chi connectivity index (χ3v) is 3.41. The molecule has 16 heavy (non-hydrogen) atoms. The van der Waals surface area contributed by atoms with E-state index in [-0.39, 0.29) is 6.03 Å². The van der Waals surface area contributed by atoms with Crippen molar-refractivity contribution in [3.05, 3.63) is 18.7 Å². The number of amides is 1. The van der Waals surface area contributed by atoms with Crippen molar-refractivity contribution >= 4 is 6.03 Å². The molecule has 88 valence electrons. The summed E-state index contributed by atoms with van der Waals surface area (Å²) in [7, 11) is 3.84. The molecule has 4 heteroatoms. The van der Waals surface area contributed by atoms with Gasteiger partial charge in [0.15, 0.2) is 0 Å². The van der Waals surface area contributed by atoms with Crippen LogP contribution in [0.3, 0.4) is 0 Å². The van der Waals surface area contributed by atoms with Gasteiger partial charge in [0.25, 0.3) is 6.33 Å². The fraction of sp³-hybridized carbons (Fsp3) is 0.667. The van der Waals surface area contributed by atoms with E-state index in [1.807, 2.05) is 42.3 Å². The number of carbonyl (C=O) groups excluding carboxylic acids is 1. The number of hydrogen-bond acceptors (Lipinski definition) is 1. The highest BCUT2D eigenvalue weighted by atomic mass is 16.2. The molecular formula is C12H20N3O+. The normalized spacial score (nSPS) is 17.4. The summed E-state index contributed by atoms with van der Waals surface area (Å²) in [6.45, 7) is 0. The van der Waals surface area contributed by atoms with E-state index in [1.165, 1.54) is 19.3 Å². The van der Waals surface area contributed by atoms with E-state index in [9.17, 15) is 4.79 Å². The van der Waals surface area contributed by atoms with Crippen molar-refractivity contribution in [1.29, 1.82) is 0 Å². The molecule has 1 aliphatic rings. The van der Waals surface area contributed by atoms with Crippen LogP contribution in [-0.2, 0) is 7.05 Å². The molecule has 4 nitrogen and oxygen atoms in total. The minimum atomic E-state index is 0.0764. The number of nitrogens with zero attached hydrogens (tertiary/aromatic N) is 3. The van der Waals surface area contributed by atoms with E-state index in [0.717, 1.165) is 12.8 Å². The predicted molar refractivity (Wildman–Crippen MR) is 61.0 cm³/mol. The summed E-state index contributed by atoms with van der Waals surface area (Å²) in [6, 6.07) is 0.501. The molecule has 1 heterocycles. The van der Waals surface area contributed by atoms with Crippen molar-refractivity contribution in [2.75, 3.05) is 7.05 Å². The summed E-state index contributed by atoms with van der Waals surface area (Å²) in [6.07, 6.45) is 11.6. The topological polar surface area (TPSA) is 29.1 Å². The summed E-state index contributed by atoms with van der Waals surface area (Å²) in [4.78, 5) is 14.0. The predicted octanol–water partition coefficient (Wildman–Crippen LogP) is 1.55. The highest BCUT2D eigenvalue weighted by Gasteiger charge is 2.25. The zero-order valence-electron chi connectivity index (χ0n) is 10.1. The van der Waals surface area contributed by atoms with Gasteiger partial charge in [0, 0.05) is 13.1 Å². The van der Waals surface area contributed by atoms with Crippen molar-refractivity contribution < 1.29 is 9.36 Å². The van der Waals surface area contributed by atoms with Crippen LogP contribution in [0.5, 0.6) is 0 Å². The van der Waals surface area contributed by atoms with Crippen LogP contribution in [0.4, 0.5) is 4.79 Å². The minimum Gasteiger partial charge on any atom is -0.304 e. The van der Waals surface area contributed by atoms with Crippen molar-refractivity contribution in [3.8, 4) is 0 Å². The Hall–Kier alpha value is -1.32. The van der Waals surface area contributed by atoms with E-state index >= 15 is 0 Å². The van der Waals surface area contributed by atoms with Crippen LogP contribution in [-0.4, -0.2) is 28.6 Å². The molecule has 0 atom stereocenters. The van der Waals surface area contributed by atoms with Crippen molar-refractivity contribution in [2.45, 2.75) is 38.1 Å². The zero-order chi connectivity index (χ0) is 11.5. The van der Waals surface area contributed by atoms with Gasteiger partial charge in [0.1, 0.15) is 12.4 Å². The number of carbonyl (C=O) groups is 1. The van der Waals surface area contributed by atoms with Crippen molar-refractivity contribution in [2.24, 2.45) is 7.05 Å². The molecule has 1 aromatic heterocycles. The fourth-order valence-electron chi connectivity index (χ4n) is 2.37. The van der Waals surface area contributed by atoms with Crippen LogP contribution in [0.15, 0.2) is 18.7 Å². The Bertz CT molecular complexity index is 366. The molecule has 0 spiro atoms. The molecule has 1 saturated carbocycles. The second kappa shape index (κ2) is 4.68. The summed E-state index contributed by atoms with van der Waals surface area (Å²) in [5.41, 5.74) is 0. The first-order chi connectivity index (χ1) is 7.68. The molecule has 0 aromatic carbocycles. The van der Waals surface area contributed by atoms with E-state index in [4.69, 9.17) is 0 Å². The first kappa shape index (κ1) is 11.2. The second-order valence-corrected chi connectivity index (χ2v) is 4.67. The Morgan fingerprint density at radius 1 is 1.38 bits per heavy atom. The number of imidazole rings is 1. The lowest BCUT2D eigenvalue weighted by atomic mass is 9.95. The Morgan fingerprint density at radius 2 is 2.06 bits per heavy atom. The molecule has 0 bridgehead atoms. The van der Waals surface area contributed by atoms with Gasteiger partial charge in [0.2, 0.25) is 0 Å². The molecule has 0 saturated heterocycles. The molecule has 0 N–H and O–H groups in total. The largest absolute Gasteiger partial charge is 0.415 e. The second-order valence-electron chi connectivity index (χ2n) is 4.67. The van der Waals surface area contributed by atoms with Crippen molar-refractivity contribution in [3.63, 3.8) is 0 Å². The Morgan fingerprint density at radius 3 is 2.62 bits per heavy atom. The molecule has 0 radical (unpaired) electrons. The quantitative estimate of drug-likeness (QED) is 0.663. The van der Waals surface area contributed by atoms with Crippen LogP contribution in [0.1, 0.15) is 32.1 Å². The number of hydrogen-bond donors (Lipinski definition) is 0. The van der Waals surface area contributed by atoms with Gasteiger partial charge in [-0.1, -0.05) is 19.3 Å². The first-order valence-electron chi connectivity index (χ1n) is 5.99. The lowest BCUT2D eigenvalue weighted by molar-refractivity contribution is -0.670. The van der Waals surface area contributed by atoms with Gasteiger partial charge in [-0.2, -0.15) is 4.57 Å².